The summed E-state index contributed by atoms with van der Waals surface area (Å²) >= 11 is 1.33. The third kappa shape index (κ3) is 4.55. The molecule has 0 aliphatic carbocycles. The molecule has 1 heterocycles. The van der Waals surface area contributed by atoms with Crippen molar-refractivity contribution in [1.29, 1.82) is 0 Å². The van der Waals surface area contributed by atoms with Gasteiger partial charge >= 0.3 is 0 Å². The first-order chi connectivity index (χ1) is 14.6. The zero-order valence-electron chi connectivity index (χ0n) is 17.0. The van der Waals surface area contributed by atoms with E-state index >= 15 is 0 Å². The maximum atomic E-state index is 12.6. The van der Waals surface area contributed by atoms with Crippen molar-refractivity contribution >= 4 is 17.5 Å². The fourth-order valence-corrected chi connectivity index (χ4v) is 3.92. The first-order valence-corrected chi connectivity index (χ1v) is 11.0. The molecule has 30 heavy (non-hydrogen) atoms. The first kappa shape index (κ1) is 20.2. The molecule has 1 aromatic heterocycles. The Labute approximate surface area is 181 Å². The number of aromatic nitrogens is 1. The molecule has 0 spiro atoms. The van der Waals surface area contributed by atoms with Gasteiger partial charge in [-0.25, -0.2) is 4.98 Å². The van der Waals surface area contributed by atoms with E-state index in [4.69, 9.17) is 9.40 Å². The molecule has 4 aromatic rings. The van der Waals surface area contributed by atoms with Crippen molar-refractivity contribution in [2.75, 3.05) is 5.75 Å². The van der Waals surface area contributed by atoms with Gasteiger partial charge in [0.1, 0.15) is 5.69 Å². The van der Waals surface area contributed by atoms with E-state index in [-0.39, 0.29) is 11.5 Å². The zero-order chi connectivity index (χ0) is 20.9. The van der Waals surface area contributed by atoms with Gasteiger partial charge in [0.15, 0.2) is 11.5 Å². The van der Waals surface area contributed by atoms with Crippen LogP contribution >= 0.6 is 11.8 Å². The molecule has 0 N–H and O–H groups in total. The van der Waals surface area contributed by atoms with Crippen molar-refractivity contribution in [3.05, 3.63) is 96.1 Å². The molecule has 3 aromatic carbocycles. The van der Waals surface area contributed by atoms with E-state index in [2.05, 4.69) is 13.8 Å². The fraction of sp³-hybridized carbons (Fsp3) is 0.154. The molecule has 0 amide bonds. The molecule has 3 nitrogen and oxygen atoms in total. The predicted molar refractivity (Wildman–Crippen MR) is 123 cm³/mol. The number of hydrogen-bond acceptors (Lipinski definition) is 4. The second kappa shape index (κ2) is 9.14. The number of benzene rings is 3. The lowest BCUT2D eigenvalue weighted by atomic mass is 10.0. The summed E-state index contributed by atoms with van der Waals surface area (Å²) in [6.45, 7) is 4.29. The van der Waals surface area contributed by atoms with E-state index in [0.717, 1.165) is 22.6 Å². The normalized spacial score (nSPS) is 11.0. The molecule has 0 radical (unpaired) electrons. The molecule has 4 heteroatoms. The van der Waals surface area contributed by atoms with E-state index in [1.807, 2.05) is 84.9 Å². The molecule has 0 saturated heterocycles. The summed E-state index contributed by atoms with van der Waals surface area (Å²) < 4.78 is 6.09. The number of nitrogens with zero attached hydrogens (tertiary/aromatic N) is 1. The lowest BCUT2D eigenvalue weighted by molar-refractivity contribution is 0.102. The molecule has 0 atom stereocenters. The van der Waals surface area contributed by atoms with E-state index < -0.39 is 0 Å². The molecule has 0 saturated carbocycles. The zero-order valence-corrected chi connectivity index (χ0v) is 17.9. The van der Waals surface area contributed by atoms with Gasteiger partial charge in [0.2, 0.25) is 0 Å². The molecule has 4 rings (SSSR count). The highest BCUT2D eigenvalue weighted by atomic mass is 32.2. The van der Waals surface area contributed by atoms with Crippen LogP contribution in [0.5, 0.6) is 0 Å². The predicted octanol–water partition coefficient (Wildman–Crippen LogP) is 7.11. The Morgan fingerprint density at radius 3 is 2.07 bits per heavy atom. The number of rotatable bonds is 7. The Bertz CT molecular complexity index is 1060. The highest BCUT2D eigenvalue weighted by molar-refractivity contribution is 7.99. The van der Waals surface area contributed by atoms with Crippen molar-refractivity contribution in [2.24, 2.45) is 0 Å². The SMILES string of the molecule is CC(C)c1ccc(C(=O)CSc2nc(-c3ccccc3)c(-c3ccccc3)o2)cc1. The molecular weight excluding hydrogens is 390 g/mol. The van der Waals surface area contributed by atoms with E-state index in [1.54, 1.807) is 0 Å². The van der Waals surface area contributed by atoms with Gasteiger partial charge in [0.05, 0.1) is 5.75 Å². The summed E-state index contributed by atoms with van der Waals surface area (Å²) in [6.07, 6.45) is 0. The first-order valence-electron chi connectivity index (χ1n) is 9.99. The van der Waals surface area contributed by atoms with Crippen molar-refractivity contribution in [3.63, 3.8) is 0 Å². The van der Waals surface area contributed by atoms with Crippen molar-refractivity contribution in [1.82, 2.24) is 4.98 Å². The minimum Gasteiger partial charge on any atom is -0.431 e. The standard InChI is InChI=1S/C26H23NO2S/c1-18(2)19-13-15-20(16-14-19)23(28)17-30-26-27-24(21-9-5-3-6-10-21)25(29-26)22-11-7-4-8-12-22/h3-16,18H,17H2,1-2H3. The topological polar surface area (TPSA) is 43.1 Å². The van der Waals surface area contributed by atoms with Crippen molar-refractivity contribution < 1.29 is 9.21 Å². The highest BCUT2D eigenvalue weighted by Crippen LogP contribution is 2.35. The van der Waals surface area contributed by atoms with E-state index in [9.17, 15) is 4.79 Å². The maximum absolute atomic E-state index is 12.6. The van der Waals surface area contributed by atoms with Gasteiger partial charge in [0.25, 0.3) is 5.22 Å². The minimum absolute atomic E-state index is 0.0658. The number of oxazole rings is 1. The maximum Gasteiger partial charge on any atom is 0.257 e. The van der Waals surface area contributed by atoms with Crippen LogP contribution in [0, 0.1) is 0 Å². The summed E-state index contributed by atoms with van der Waals surface area (Å²) in [5, 5.41) is 0.500. The van der Waals surface area contributed by atoms with Crippen LogP contribution in [0.1, 0.15) is 35.7 Å². The molecule has 0 aliphatic heterocycles. The fourth-order valence-electron chi connectivity index (χ4n) is 3.20. The second-order valence-electron chi connectivity index (χ2n) is 7.38. The van der Waals surface area contributed by atoms with Gasteiger partial charge in [0, 0.05) is 16.7 Å². The van der Waals surface area contributed by atoms with E-state index in [0.29, 0.717) is 16.7 Å². The van der Waals surface area contributed by atoms with Crippen LogP contribution in [0.15, 0.2) is 94.6 Å². The average molecular weight is 414 g/mol. The highest BCUT2D eigenvalue weighted by Gasteiger charge is 2.18. The molecule has 0 aliphatic rings. The molecular formula is C26H23NO2S. The third-order valence-electron chi connectivity index (χ3n) is 4.92. The van der Waals surface area contributed by atoms with Gasteiger partial charge in [-0.15, -0.1) is 0 Å². The van der Waals surface area contributed by atoms with Crippen LogP contribution in [-0.4, -0.2) is 16.5 Å². The number of thioether (sulfide) groups is 1. The summed E-state index contributed by atoms with van der Waals surface area (Å²) in [4.78, 5) is 17.3. The van der Waals surface area contributed by atoms with E-state index in [1.165, 1.54) is 17.3 Å². The number of carbonyl (C=O) groups excluding carboxylic acids is 1. The lowest BCUT2D eigenvalue weighted by Crippen LogP contribution is -2.02. The van der Waals surface area contributed by atoms with Crippen LogP contribution < -0.4 is 0 Å². The minimum atomic E-state index is 0.0658. The van der Waals surface area contributed by atoms with Crippen LogP contribution in [-0.2, 0) is 0 Å². The monoisotopic (exact) mass is 413 g/mol. The lowest BCUT2D eigenvalue weighted by Gasteiger charge is -2.05. The Hall–Kier alpha value is -3.11. The molecule has 0 fully saturated rings. The Kier molecular flexibility index (Phi) is 6.15. The Morgan fingerprint density at radius 2 is 1.47 bits per heavy atom. The van der Waals surface area contributed by atoms with Crippen LogP contribution in [0.25, 0.3) is 22.6 Å². The van der Waals surface area contributed by atoms with Gasteiger partial charge < -0.3 is 4.42 Å². The van der Waals surface area contributed by atoms with Crippen molar-refractivity contribution in [3.8, 4) is 22.6 Å². The third-order valence-corrected chi connectivity index (χ3v) is 5.74. The number of Topliss-reactive ketones (excluding diaryl/α,β-unsaturated/α-hetero) is 1. The second-order valence-corrected chi connectivity index (χ2v) is 8.30. The van der Waals surface area contributed by atoms with Gasteiger partial charge in [-0.2, -0.15) is 0 Å². The number of hydrogen-bond donors (Lipinski definition) is 0. The largest absolute Gasteiger partial charge is 0.431 e. The summed E-state index contributed by atoms with van der Waals surface area (Å²) in [6, 6.07) is 27.7. The van der Waals surface area contributed by atoms with Crippen LogP contribution in [0.4, 0.5) is 0 Å². The summed E-state index contributed by atoms with van der Waals surface area (Å²) in [5.41, 5.74) is 4.68. The molecule has 0 bridgehead atoms. The smallest absolute Gasteiger partial charge is 0.257 e. The van der Waals surface area contributed by atoms with Crippen LogP contribution in [0.3, 0.4) is 0 Å². The van der Waals surface area contributed by atoms with Crippen LogP contribution in [0.2, 0.25) is 0 Å². The average Bonchev–Trinajstić information content (AvgIpc) is 3.23. The van der Waals surface area contributed by atoms with Gasteiger partial charge in [-0.3, -0.25) is 4.79 Å². The molecule has 0 unspecified atom stereocenters. The summed E-state index contributed by atoms with van der Waals surface area (Å²) in [5.74, 6) is 1.52. The Balaban J connectivity index is 1.56. The molecule has 150 valence electrons. The van der Waals surface area contributed by atoms with Gasteiger partial charge in [-0.05, 0) is 11.5 Å². The summed E-state index contributed by atoms with van der Waals surface area (Å²) in [7, 11) is 0. The Morgan fingerprint density at radius 1 is 0.867 bits per heavy atom. The number of carbonyl (C=O) groups is 1. The quantitative estimate of drug-likeness (QED) is 0.239. The van der Waals surface area contributed by atoms with Crippen molar-refractivity contribution in [2.45, 2.75) is 25.0 Å². The van der Waals surface area contributed by atoms with Gasteiger partial charge in [-0.1, -0.05) is 111 Å². The number of ketones is 1.